The summed E-state index contributed by atoms with van der Waals surface area (Å²) >= 11 is 3.79. The number of furan rings is 1. The number of rotatable bonds is 3. The summed E-state index contributed by atoms with van der Waals surface area (Å²) in [4.78, 5) is 0.243. The highest BCUT2D eigenvalue weighted by Gasteiger charge is 2.22. The summed E-state index contributed by atoms with van der Waals surface area (Å²) in [5, 5.41) is 2.30. The number of hydrogen-bond donors (Lipinski definition) is 0. The second-order valence-corrected chi connectivity index (χ2v) is 8.03. The first-order chi connectivity index (χ1) is 13.8. The fraction of sp³-hybridized carbons (Fsp3) is 0.120. The first kappa shape index (κ1) is 17.3. The molecule has 2 unspecified atom stereocenters. The average molecular weight is 431 g/mol. The van der Waals surface area contributed by atoms with E-state index < -0.39 is 0 Å². The van der Waals surface area contributed by atoms with Crippen LogP contribution in [0.3, 0.4) is 0 Å². The Morgan fingerprint density at radius 1 is 0.893 bits per heavy atom. The second kappa shape index (κ2) is 6.99. The SMILES string of the molecule is COc1ccc(-c2cccc3oc4ccccc4c23)cc1C1C=CC=CC1Br. The lowest BCUT2D eigenvalue weighted by Crippen LogP contribution is -2.11. The normalized spacial score (nSPS) is 18.8. The van der Waals surface area contributed by atoms with Gasteiger partial charge in [0.05, 0.1) is 7.11 Å². The lowest BCUT2D eigenvalue weighted by Gasteiger charge is -2.22. The van der Waals surface area contributed by atoms with E-state index in [1.165, 1.54) is 11.1 Å². The van der Waals surface area contributed by atoms with Crippen molar-refractivity contribution in [3.8, 4) is 16.9 Å². The zero-order valence-corrected chi connectivity index (χ0v) is 17.0. The predicted octanol–water partition coefficient (Wildman–Crippen LogP) is 7.23. The Hall–Kier alpha value is -2.78. The minimum absolute atomic E-state index is 0.222. The van der Waals surface area contributed by atoms with Crippen molar-refractivity contribution in [1.29, 1.82) is 0 Å². The van der Waals surface area contributed by atoms with Gasteiger partial charge in [0.25, 0.3) is 0 Å². The Balaban J connectivity index is 1.73. The molecule has 2 atom stereocenters. The fourth-order valence-corrected chi connectivity index (χ4v) is 4.67. The van der Waals surface area contributed by atoms with Gasteiger partial charge in [-0.15, -0.1) is 0 Å². The van der Waals surface area contributed by atoms with Gasteiger partial charge >= 0.3 is 0 Å². The molecule has 1 aromatic heterocycles. The Bertz CT molecular complexity index is 1230. The maximum Gasteiger partial charge on any atom is 0.136 e. The molecule has 28 heavy (non-hydrogen) atoms. The highest BCUT2D eigenvalue weighted by molar-refractivity contribution is 9.09. The van der Waals surface area contributed by atoms with Gasteiger partial charge in [0.1, 0.15) is 16.9 Å². The maximum atomic E-state index is 6.07. The molecule has 3 aromatic carbocycles. The third-order valence-corrected chi connectivity index (χ3v) is 6.24. The molecule has 0 bridgehead atoms. The zero-order chi connectivity index (χ0) is 19.1. The van der Waals surface area contributed by atoms with Crippen LogP contribution >= 0.6 is 15.9 Å². The summed E-state index contributed by atoms with van der Waals surface area (Å²) in [6.07, 6.45) is 8.55. The number of para-hydroxylation sites is 1. The molecule has 0 spiro atoms. The molecule has 1 aliphatic rings. The van der Waals surface area contributed by atoms with Crippen molar-refractivity contribution in [2.75, 3.05) is 7.11 Å². The topological polar surface area (TPSA) is 22.4 Å². The third-order valence-electron chi connectivity index (χ3n) is 5.37. The molecule has 1 aliphatic carbocycles. The van der Waals surface area contributed by atoms with E-state index in [9.17, 15) is 0 Å². The monoisotopic (exact) mass is 430 g/mol. The van der Waals surface area contributed by atoms with Gasteiger partial charge in [-0.2, -0.15) is 0 Å². The van der Waals surface area contributed by atoms with Gasteiger partial charge in [0.2, 0.25) is 0 Å². The molecule has 0 amide bonds. The molecule has 1 heterocycles. The third kappa shape index (κ3) is 2.78. The summed E-state index contributed by atoms with van der Waals surface area (Å²) in [5.74, 6) is 1.13. The van der Waals surface area contributed by atoms with Crippen molar-refractivity contribution in [3.63, 3.8) is 0 Å². The lowest BCUT2D eigenvalue weighted by molar-refractivity contribution is 0.408. The van der Waals surface area contributed by atoms with Crippen LogP contribution in [0.25, 0.3) is 33.1 Å². The predicted molar refractivity (Wildman–Crippen MR) is 119 cm³/mol. The lowest BCUT2D eigenvalue weighted by atomic mass is 9.88. The number of halogens is 1. The van der Waals surface area contributed by atoms with Crippen LogP contribution in [0.5, 0.6) is 5.75 Å². The fourth-order valence-electron chi connectivity index (χ4n) is 4.03. The van der Waals surface area contributed by atoms with E-state index in [0.717, 1.165) is 33.3 Å². The van der Waals surface area contributed by atoms with Crippen LogP contribution in [-0.2, 0) is 0 Å². The molecule has 138 valence electrons. The van der Waals surface area contributed by atoms with Crippen molar-refractivity contribution < 1.29 is 9.15 Å². The number of hydrogen-bond acceptors (Lipinski definition) is 2. The quantitative estimate of drug-likeness (QED) is 0.319. The zero-order valence-electron chi connectivity index (χ0n) is 15.4. The first-order valence-corrected chi connectivity index (χ1v) is 10.3. The average Bonchev–Trinajstić information content (AvgIpc) is 3.12. The smallest absolute Gasteiger partial charge is 0.136 e. The largest absolute Gasteiger partial charge is 0.496 e. The van der Waals surface area contributed by atoms with Crippen LogP contribution < -0.4 is 4.74 Å². The summed E-state index contributed by atoms with van der Waals surface area (Å²) < 4.78 is 11.8. The minimum Gasteiger partial charge on any atom is -0.496 e. The van der Waals surface area contributed by atoms with Crippen LogP contribution in [0.2, 0.25) is 0 Å². The molecule has 0 saturated heterocycles. The van der Waals surface area contributed by atoms with Crippen molar-refractivity contribution >= 4 is 37.9 Å². The van der Waals surface area contributed by atoms with Crippen LogP contribution in [0.1, 0.15) is 11.5 Å². The Labute approximate surface area is 172 Å². The number of allylic oxidation sites excluding steroid dienone is 4. The van der Waals surface area contributed by atoms with Gasteiger partial charge in [-0.25, -0.2) is 0 Å². The molecular formula is C25H19BrO2. The van der Waals surface area contributed by atoms with Gasteiger partial charge < -0.3 is 9.15 Å². The van der Waals surface area contributed by atoms with E-state index in [1.807, 2.05) is 18.2 Å². The highest BCUT2D eigenvalue weighted by Crippen LogP contribution is 2.41. The molecule has 0 N–H and O–H groups in total. The Kier molecular flexibility index (Phi) is 4.33. The Morgan fingerprint density at radius 3 is 2.57 bits per heavy atom. The molecule has 2 nitrogen and oxygen atoms in total. The van der Waals surface area contributed by atoms with E-state index in [4.69, 9.17) is 9.15 Å². The molecule has 0 aliphatic heterocycles. The first-order valence-electron chi connectivity index (χ1n) is 9.34. The maximum absolute atomic E-state index is 6.07. The summed E-state index contributed by atoms with van der Waals surface area (Å²) in [6.45, 7) is 0. The molecule has 3 heteroatoms. The van der Waals surface area contributed by atoms with Crippen LogP contribution in [0.4, 0.5) is 0 Å². The minimum atomic E-state index is 0.222. The van der Waals surface area contributed by atoms with Crippen LogP contribution in [0.15, 0.2) is 89.4 Å². The van der Waals surface area contributed by atoms with E-state index >= 15 is 0 Å². The summed E-state index contributed by atoms with van der Waals surface area (Å²) in [6, 6.07) is 20.9. The number of methoxy groups -OCH3 is 1. The van der Waals surface area contributed by atoms with Crippen molar-refractivity contribution in [2.45, 2.75) is 10.7 Å². The van der Waals surface area contributed by atoms with E-state index in [-0.39, 0.29) is 10.7 Å². The molecular weight excluding hydrogens is 412 g/mol. The Morgan fingerprint density at radius 2 is 1.71 bits per heavy atom. The van der Waals surface area contributed by atoms with E-state index in [1.54, 1.807) is 7.11 Å². The highest BCUT2D eigenvalue weighted by atomic mass is 79.9. The van der Waals surface area contributed by atoms with Gasteiger partial charge in [-0.1, -0.05) is 76.6 Å². The number of alkyl halides is 1. The number of ether oxygens (including phenoxy) is 1. The van der Waals surface area contributed by atoms with Gasteiger partial charge in [-0.3, -0.25) is 0 Å². The summed E-state index contributed by atoms with van der Waals surface area (Å²) in [7, 11) is 1.73. The standard InChI is InChI=1S/C25H19BrO2/c1-27-22-14-13-16(15-20(22)18-7-2-4-10-21(18)26)17-9-6-12-24-25(17)19-8-3-5-11-23(19)28-24/h2-15,18,21H,1H3. The molecule has 0 radical (unpaired) electrons. The van der Waals surface area contributed by atoms with Crippen LogP contribution in [0, 0.1) is 0 Å². The van der Waals surface area contributed by atoms with Crippen molar-refractivity contribution in [1.82, 2.24) is 0 Å². The molecule has 5 rings (SSSR count). The second-order valence-electron chi connectivity index (χ2n) is 6.97. The summed E-state index contributed by atoms with van der Waals surface area (Å²) in [5.41, 5.74) is 5.34. The molecule has 0 saturated carbocycles. The molecule has 4 aromatic rings. The van der Waals surface area contributed by atoms with Gasteiger partial charge in [0.15, 0.2) is 0 Å². The van der Waals surface area contributed by atoms with E-state index in [0.29, 0.717) is 0 Å². The molecule has 0 fully saturated rings. The number of benzene rings is 3. The van der Waals surface area contributed by atoms with Gasteiger partial charge in [0, 0.05) is 27.1 Å². The van der Waals surface area contributed by atoms with Gasteiger partial charge in [-0.05, 0) is 35.4 Å². The van der Waals surface area contributed by atoms with Crippen LogP contribution in [-0.4, -0.2) is 11.9 Å². The van der Waals surface area contributed by atoms with Crippen molar-refractivity contribution in [2.24, 2.45) is 0 Å². The van der Waals surface area contributed by atoms with E-state index in [2.05, 4.69) is 82.7 Å². The van der Waals surface area contributed by atoms with Crippen molar-refractivity contribution in [3.05, 3.63) is 90.5 Å². The number of fused-ring (bicyclic) bond motifs is 3.